The lowest BCUT2D eigenvalue weighted by Gasteiger charge is -2.33. The summed E-state index contributed by atoms with van der Waals surface area (Å²) in [5.41, 5.74) is 7.68. The second-order valence-corrected chi connectivity index (χ2v) is 6.02. The second-order valence-electron chi connectivity index (χ2n) is 6.02. The van der Waals surface area contributed by atoms with Gasteiger partial charge in [0.25, 0.3) is 0 Å². The maximum absolute atomic E-state index is 12.9. The van der Waals surface area contributed by atoms with Crippen LogP contribution in [0, 0.1) is 0 Å². The molecule has 2 rings (SSSR count). The Morgan fingerprint density at radius 3 is 2.19 bits per heavy atom. The standard InChI is InChI=1S/C17H27N3O/c1-14(2)20(16-9-7-15(13-18)8-10-16)17(21)19-11-5-3-4-6-12-19/h7-10,14H,3-6,11-13,18H2,1-2H3. The predicted octanol–water partition coefficient (Wildman–Crippen LogP) is 3.36. The molecule has 1 aromatic carbocycles. The van der Waals surface area contributed by atoms with Crippen LogP contribution >= 0.6 is 0 Å². The molecule has 0 aliphatic carbocycles. The van der Waals surface area contributed by atoms with Gasteiger partial charge in [0.2, 0.25) is 0 Å². The number of amides is 2. The van der Waals surface area contributed by atoms with Crippen LogP contribution in [-0.4, -0.2) is 30.1 Å². The summed E-state index contributed by atoms with van der Waals surface area (Å²) in [5, 5.41) is 0. The normalized spacial score (nSPS) is 15.9. The van der Waals surface area contributed by atoms with Crippen molar-refractivity contribution in [1.82, 2.24) is 4.90 Å². The Labute approximate surface area is 127 Å². The van der Waals surface area contributed by atoms with E-state index in [0.29, 0.717) is 6.54 Å². The average Bonchev–Trinajstić information content (AvgIpc) is 2.77. The minimum absolute atomic E-state index is 0.132. The fourth-order valence-electron chi connectivity index (χ4n) is 2.84. The monoisotopic (exact) mass is 289 g/mol. The lowest BCUT2D eigenvalue weighted by atomic mass is 10.2. The molecule has 0 radical (unpaired) electrons. The van der Waals surface area contributed by atoms with Gasteiger partial charge < -0.3 is 10.6 Å². The van der Waals surface area contributed by atoms with Crippen LogP contribution in [0.3, 0.4) is 0 Å². The first-order chi connectivity index (χ1) is 10.1. The molecule has 0 spiro atoms. The Balaban J connectivity index is 2.18. The van der Waals surface area contributed by atoms with Crippen molar-refractivity contribution in [2.75, 3.05) is 18.0 Å². The quantitative estimate of drug-likeness (QED) is 0.927. The van der Waals surface area contributed by atoms with Gasteiger partial charge in [0.05, 0.1) is 0 Å². The molecule has 0 aromatic heterocycles. The van der Waals surface area contributed by atoms with Crippen LogP contribution < -0.4 is 10.6 Å². The molecule has 1 aromatic rings. The maximum atomic E-state index is 12.9. The van der Waals surface area contributed by atoms with Crippen molar-refractivity contribution in [1.29, 1.82) is 0 Å². The van der Waals surface area contributed by atoms with Crippen molar-refractivity contribution in [2.24, 2.45) is 5.73 Å². The highest BCUT2D eigenvalue weighted by Gasteiger charge is 2.25. The van der Waals surface area contributed by atoms with Crippen LogP contribution in [0.25, 0.3) is 0 Å². The smallest absolute Gasteiger partial charge is 0.324 e. The number of benzene rings is 1. The molecule has 0 saturated carbocycles. The number of urea groups is 1. The molecular formula is C17H27N3O. The number of rotatable bonds is 3. The van der Waals surface area contributed by atoms with Crippen molar-refractivity contribution < 1.29 is 4.79 Å². The van der Waals surface area contributed by atoms with Gasteiger partial charge in [-0.25, -0.2) is 4.79 Å². The Bertz CT molecular complexity index is 448. The Hall–Kier alpha value is -1.55. The van der Waals surface area contributed by atoms with E-state index in [1.807, 2.05) is 34.1 Å². The summed E-state index contributed by atoms with van der Waals surface area (Å²) >= 11 is 0. The minimum atomic E-state index is 0.132. The van der Waals surface area contributed by atoms with Gasteiger partial charge in [-0.1, -0.05) is 25.0 Å². The van der Waals surface area contributed by atoms with Gasteiger partial charge in [-0.3, -0.25) is 4.90 Å². The van der Waals surface area contributed by atoms with Gasteiger partial charge in [0.15, 0.2) is 0 Å². The van der Waals surface area contributed by atoms with Gasteiger partial charge in [-0.05, 0) is 44.4 Å². The van der Waals surface area contributed by atoms with Crippen LogP contribution in [0.4, 0.5) is 10.5 Å². The van der Waals surface area contributed by atoms with E-state index in [1.165, 1.54) is 12.8 Å². The van der Waals surface area contributed by atoms with Gasteiger partial charge in [-0.2, -0.15) is 0 Å². The van der Waals surface area contributed by atoms with E-state index in [1.54, 1.807) is 0 Å². The first-order valence-electron chi connectivity index (χ1n) is 8.00. The lowest BCUT2D eigenvalue weighted by molar-refractivity contribution is 0.205. The fraction of sp³-hybridized carbons (Fsp3) is 0.588. The third kappa shape index (κ3) is 3.97. The highest BCUT2D eigenvalue weighted by Crippen LogP contribution is 2.21. The molecule has 2 amide bonds. The second kappa shape index (κ2) is 7.46. The molecule has 1 saturated heterocycles. The number of nitrogens with two attached hydrogens (primary N) is 1. The Morgan fingerprint density at radius 2 is 1.71 bits per heavy atom. The summed E-state index contributed by atoms with van der Waals surface area (Å²) in [4.78, 5) is 16.8. The molecule has 1 aliphatic heterocycles. The summed E-state index contributed by atoms with van der Waals surface area (Å²) in [6.45, 7) is 6.41. The number of carbonyl (C=O) groups excluding carboxylic acids is 1. The number of anilines is 1. The molecule has 0 bridgehead atoms. The number of nitrogens with zero attached hydrogens (tertiary/aromatic N) is 2. The van der Waals surface area contributed by atoms with Gasteiger partial charge >= 0.3 is 6.03 Å². The molecule has 0 unspecified atom stereocenters. The molecule has 1 aliphatic rings. The summed E-state index contributed by atoms with van der Waals surface area (Å²) in [6, 6.07) is 8.27. The lowest BCUT2D eigenvalue weighted by Crippen LogP contribution is -2.47. The van der Waals surface area contributed by atoms with Gasteiger partial charge in [-0.15, -0.1) is 0 Å². The van der Waals surface area contributed by atoms with Crippen LogP contribution in [0.15, 0.2) is 24.3 Å². The van der Waals surface area contributed by atoms with E-state index in [9.17, 15) is 4.79 Å². The minimum Gasteiger partial charge on any atom is -0.326 e. The van der Waals surface area contributed by atoms with Crippen LogP contribution in [0.2, 0.25) is 0 Å². The third-order valence-corrected chi connectivity index (χ3v) is 4.05. The van der Waals surface area contributed by atoms with E-state index in [-0.39, 0.29) is 12.1 Å². The molecule has 0 atom stereocenters. The molecule has 4 nitrogen and oxygen atoms in total. The number of hydrogen-bond acceptors (Lipinski definition) is 2. The zero-order chi connectivity index (χ0) is 15.2. The molecule has 4 heteroatoms. The molecule has 1 heterocycles. The largest absolute Gasteiger partial charge is 0.326 e. The van der Waals surface area contributed by atoms with Crippen LogP contribution in [-0.2, 0) is 6.54 Å². The van der Waals surface area contributed by atoms with E-state index in [0.717, 1.165) is 37.2 Å². The fourth-order valence-corrected chi connectivity index (χ4v) is 2.84. The summed E-state index contributed by atoms with van der Waals surface area (Å²) in [7, 11) is 0. The summed E-state index contributed by atoms with van der Waals surface area (Å²) in [5.74, 6) is 0. The maximum Gasteiger partial charge on any atom is 0.324 e. The van der Waals surface area contributed by atoms with Gasteiger partial charge in [0.1, 0.15) is 0 Å². The third-order valence-electron chi connectivity index (χ3n) is 4.05. The van der Waals surface area contributed by atoms with Crippen LogP contribution in [0.1, 0.15) is 45.1 Å². The molecule has 21 heavy (non-hydrogen) atoms. The Kier molecular flexibility index (Phi) is 5.62. The summed E-state index contributed by atoms with van der Waals surface area (Å²) < 4.78 is 0. The van der Waals surface area contributed by atoms with Crippen LogP contribution in [0.5, 0.6) is 0 Å². The van der Waals surface area contributed by atoms with Gasteiger partial charge in [0, 0.05) is 31.4 Å². The van der Waals surface area contributed by atoms with Crippen molar-refractivity contribution >= 4 is 11.7 Å². The molecular weight excluding hydrogens is 262 g/mol. The van der Waals surface area contributed by atoms with Crippen molar-refractivity contribution in [2.45, 2.75) is 52.1 Å². The predicted molar refractivity (Wildman–Crippen MR) is 87.4 cm³/mol. The topological polar surface area (TPSA) is 49.6 Å². The number of hydrogen-bond donors (Lipinski definition) is 1. The molecule has 116 valence electrons. The molecule has 1 fully saturated rings. The Morgan fingerprint density at radius 1 is 1.14 bits per heavy atom. The highest BCUT2D eigenvalue weighted by molar-refractivity contribution is 5.92. The van der Waals surface area contributed by atoms with E-state index in [2.05, 4.69) is 13.8 Å². The SMILES string of the molecule is CC(C)N(C(=O)N1CCCCCC1)c1ccc(CN)cc1. The zero-order valence-electron chi connectivity index (χ0n) is 13.2. The molecule has 2 N–H and O–H groups in total. The number of likely N-dealkylation sites (tertiary alicyclic amines) is 1. The number of carbonyl (C=O) groups is 1. The summed E-state index contributed by atoms with van der Waals surface area (Å²) in [6.07, 6.45) is 4.70. The van der Waals surface area contributed by atoms with Crippen molar-refractivity contribution in [3.8, 4) is 0 Å². The average molecular weight is 289 g/mol. The first kappa shape index (κ1) is 15.8. The van der Waals surface area contributed by atoms with E-state index >= 15 is 0 Å². The van der Waals surface area contributed by atoms with Crippen molar-refractivity contribution in [3.05, 3.63) is 29.8 Å². The zero-order valence-corrected chi connectivity index (χ0v) is 13.2. The van der Waals surface area contributed by atoms with E-state index < -0.39 is 0 Å². The van der Waals surface area contributed by atoms with E-state index in [4.69, 9.17) is 5.73 Å². The first-order valence-corrected chi connectivity index (χ1v) is 8.00. The highest BCUT2D eigenvalue weighted by atomic mass is 16.2. The van der Waals surface area contributed by atoms with Crippen molar-refractivity contribution in [3.63, 3.8) is 0 Å².